The number of rotatable bonds is 6. The summed E-state index contributed by atoms with van der Waals surface area (Å²) in [5.41, 5.74) is 2.74. The molecule has 3 heterocycles. The van der Waals surface area contributed by atoms with Crippen molar-refractivity contribution in [1.29, 1.82) is 0 Å². The minimum atomic E-state index is -0.289. The van der Waals surface area contributed by atoms with Crippen LogP contribution in [0, 0.1) is 11.7 Å². The molecule has 2 aromatic rings. The molecule has 1 aliphatic carbocycles. The van der Waals surface area contributed by atoms with E-state index in [-0.39, 0.29) is 11.7 Å². The molecule has 6 heteroatoms. The number of piperidine rings is 1. The highest BCUT2D eigenvalue weighted by molar-refractivity contribution is 5.82. The van der Waals surface area contributed by atoms with Crippen LogP contribution >= 0.6 is 0 Å². The van der Waals surface area contributed by atoms with E-state index in [9.17, 15) is 9.18 Å². The van der Waals surface area contributed by atoms with Crippen LogP contribution in [0.5, 0.6) is 0 Å². The molecule has 1 amide bonds. The van der Waals surface area contributed by atoms with Crippen LogP contribution in [0.25, 0.3) is 11.0 Å². The summed E-state index contributed by atoms with van der Waals surface area (Å²) in [6.45, 7) is 4.00. The third kappa shape index (κ3) is 3.81. The Morgan fingerprint density at radius 1 is 1.13 bits per heavy atom. The van der Waals surface area contributed by atoms with Gasteiger partial charge in [-0.05, 0) is 69.9 Å². The molecule has 3 aliphatic rings. The normalized spacial score (nSPS) is 22.7. The fourth-order valence-electron chi connectivity index (χ4n) is 5.14. The summed E-state index contributed by atoms with van der Waals surface area (Å²) in [5.74, 6) is 0.780. The molecular formula is C24H28FN3O2. The van der Waals surface area contributed by atoms with Gasteiger partial charge in [0.05, 0.1) is 5.69 Å². The molecule has 0 N–H and O–H groups in total. The van der Waals surface area contributed by atoms with Crippen LogP contribution < -0.4 is 0 Å². The summed E-state index contributed by atoms with van der Waals surface area (Å²) >= 11 is 0. The molecule has 0 saturated carbocycles. The first-order chi connectivity index (χ1) is 14.7. The number of benzene rings is 1. The van der Waals surface area contributed by atoms with Gasteiger partial charge in [-0.3, -0.25) is 4.79 Å². The number of hydrogen-bond donors (Lipinski definition) is 0. The second-order valence-corrected chi connectivity index (χ2v) is 8.73. The highest BCUT2D eigenvalue weighted by Crippen LogP contribution is 2.35. The minimum Gasteiger partial charge on any atom is -0.356 e. The number of aromatic nitrogens is 1. The van der Waals surface area contributed by atoms with Crippen molar-refractivity contribution in [3.8, 4) is 0 Å². The zero-order valence-electron chi connectivity index (χ0n) is 17.2. The van der Waals surface area contributed by atoms with Crippen molar-refractivity contribution < 1.29 is 13.7 Å². The monoisotopic (exact) mass is 409 g/mol. The van der Waals surface area contributed by atoms with Crippen molar-refractivity contribution in [3.05, 3.63) is 53.6 Å². The Bertz CT molecular complexity index is 987. The lowest BCUT2D eigenvalue weighted by atomic mass is 9.91. The first kappa shape index (κ1) is 19.5. The number of carbonyl (C=O) groups excluding carboxylic acids is 1. The van der Waals surface area contributed by atoms with E-state index in [4.69, 9.17) is 4.52 Å². The quantitative estimate of drug-likeness (QED) is 0.654. The maximum Gasteiger partial charge on any atom is 0.227 e. The second kappa shape index (κ2) is 8.34. The van der Waals surface area contributed by atoms with Gasteiger partial charge >= 0.3 is 0 Å². The standard InChI is InChI=1S/C24H28FN3O2/c25-19-7-8-20-22(16-19)30-26-24(20)17-9-13-27(14-10-17)11-3-4-12-28-21-6-2-1-5-18(21)15-23(28)29/h1-2,6-8,16-18H,3-5,9-15H2. The van der Waals surface area contributed by atoms with E-state index in [0.717, 1.165) is 69.4 Å². The molecule has 0 spiro atoms. The van der Waals surface area contributed by atoms with E-state index < -0.39 is 0 Å². The third-order valence-corrected chi connectivity index (χ3v) is 6.82. The molecule has 2 saturated heterocycles. The van der Waals surface area contributed by atoms with Gasteiger partial charge in [0.15, 0.2) is 5.58 Å². The summed E-state index contributed by atoms with van der Waals surface area (Å²) in [7, 11) is 0. The molecule has 1 atom stereocenters. The molecule has 158 valence electrons. The van der Waals surface area contributed by atoms with Crippen molar-refractivity contribution >= 4 is 16.9 Å². The van der Waals surface area contributed by atoms with Crippen LogP contribution in [0.3, 0.4) is 0 Å². The number of amides is 1. The van der Waals surface area contributed by atoms with E-state index in [1.807, 2.05) is 4.90 Å². The number of carbonyl (C=O) groups is 1. The van der Waals surface area contributed by atoms with Gasteiger partial charge in [-0.15, -0.1) is 0 Å². The van der Waals surface area contributed by atoms with Gasteiger partial charge in [0.25, 0.3) is 0 Å². The van der Waals surface area contributed by atoms with E-state index in [1.54, 1.807) is 6.07 Å². The number of unbranched alkanes of at least 4 members (excludes halogenated alkanes) is 1. The van der Waals surface area contributed by atoms with Crippen LogP contribution in [0.1, 0.15) is 50.1 Å². The Balaban J connectivity index is 1.08. The molecule has 0 bridgehead atoms. The first-order valence-corrected chi connectivity index (χ1v) is 11.1. The Morgan fingerprint density at radius 3 is 2.83 bits per heavy atom. The predicted molar refractivity (Wildman–Crippen MR) is 113 cm³/mol. The Kier molecular flexibility index (Phi) is 5.42. The van der Waals surface area contributed by atoms with Crippen molar-refractivity contribution in [2.45, 2.75) is 44.4 Å². The zero-order valence-corrected chi connectivity index (χ0v) is 17.2. The molecule has 1 aromatic heterocycles. The maximum atomic E-state index is 13.4. The highest BCUT2D eigenvalue weighted by Gasteiger charge is 2.34. The van der Waals surface area contributed by atoms with Crippen molar-refractivity contribution in [1.82, 2.24) is 15.0 Å². The Hall–Kier alpha value is -2.47. The summed E-state index contributed by atoms with van der Waals surface area (Å²) < 4.78 is 18.7. The molecule has 0 radical (unpaired) electrons. The smallest absolute Gasteiger partial charge is 0.227 e. The van der Waals surface area contributed by atoms with Crippen molar-refractivity contribution in [2.24, 2.45) is 5.92 Å². The van der Waals surface area contributed by atoms with E-state index in [2.05, 4.69) is 28.3 Å². The number of likely N-dealkylation sites (tertiary alicyclic amines) is 2. The summed E-state index contributed by atoms with van der Waals surface area (Å²) in [6.07, 6.45) is 12.3. The molecule has 5 rings (SSSR count). The van der Waals surface area contributed by atoms with Crippen molar-refractivity contribution in [3.63, 3.8) is 0 Å². The lowest BCUT2D eigenvalue weighted by molar-refractivity contribution is -0.126. The molecule has 30 heavy (non-hydrogen) atoms. The van der Waals surface area contributed by atoms with Crippen molar-refractivity contribution in [2.75, 3.05) is 26.2 Å². The lowest BCUT2D eigenvalue weighted by Gasteiger charge is -2.31. The van der Waals surface area contributed by atoms with Crippen LogP contribution in [-0.4, -0.2) is 47.0 Å². The second-order valence-electron chi connectivity index (χ2n) is 8.73. The average molecular weight is 410 g/mol. The summed E-state index contributed by atoms with van der Waals surface area (Å²) in [6, 6.07) is 4.67. The van der Waals surface area contributed by atoms with E-state index >= 15 is 0 Å². The summed E-state index contributed by atoms with van der Waals surface area (Å²) in [4.78, 5) is 16.8. The lowest BCUT2D eigenvalue weighted by Crippen LogP contribution is -2.34. The number of hydrogen-bond acceptors (Lipinski definition) is 4. The molecule has 5 nitrogen and oxygen atoms in total. The first-order valence-electron chi connectivity index (χ1n) is 11.1. The van der Waals surface area contributed by atoms with E-state index in [0.29, 0.717) is 23.8 Å². The van der Waals surface area contributed by atoms with Gasteiger partial charge in [0.1, 0.15) is 5.82 Å². The topological polar surface area (TPSA) is 49.6 Å². The third-order valence-electron chi connectivity index (χ3n) is 6.82. The zero-order chi connectivity index (χ0) is 20.5. The van der Waals surface area contributed by atoms with Crippen LogP contribution in [0.2, 0.25) is 0 Å². The SMILES string of the molecule is O=C1CC2CC=CC=C2N1CCCCN1CCC(c2noc3cc(F)ccc23)CC1. The van der Waals surface area contributed by atoms with Gasteiger partial charge in [-0.2, -0.15) is 0 Å². The van der Waals surface area contributed by atoms with Crippen LogP contribution in [0.15, 0.2) is 46.6 Å². The summed E-state index contributed by atoms with van der Waals surface area (Å²) in [5, 5.41) is 5.18. The number of allylic oxidation sites excluding steroid dienone is 4. The fraction of sp³-hybridized carbons (Fsp3) is 0.500. The number of nitrogens with zero attached hydrogens (tertiary/aromatic N) is 3. The van der Waals surface area contributed by atoms with Crippen LogP contribution in [0.4, 0.5) is 4.39 Å². The predicted octanol–water partition coefficient (Wildman–Crippen LogP) is 4.62. The number of halogens is 1. The van der Waals surface area contributed by atoms with Gasteiger partial charge in [0.2, 0.25) is 5.91 Å². The maximum absolute atomic E-state index is 13.4. The van der Waals surface area contributed by atoms with E-state index in [1.165, 1.54) is 17.8 Å². The van der Waals surface area contributed by atoms with Gasteiger partial charge in [-0.1, -0.05) is 17.3 Å². The molecule has 1 unspecified atom stereocenters. The van der Waals surface area contributed by atoms with Gasteiger partial charge in [-0.25, -0.2) is 4.39 Å². The van der Waals surface area contributed by atoms with Gasteiger partial charge < -0.3 is 14.3 Å². The highest BCUT2D eigenvalue weighted by atomic mass is 19.1. The Morgan fingerprint density at radius 2 is 1.97 bits per heavy atom. The number of fused-ring (bicyclic) bond motifs is 2. The molecule has 1 aromatic carbocycles. The van der Waals surface area contributed by atoms with Crippen LogP contribution in [-0.2, 0) is 4.79 Å². The Labute approximate surface area is 176 Å². The average Bonchev–Trinajstić information content (AvgIpc) is 3.31. The molecule has 2 fully saturated rings. The fourth-order valence-corrected chi connectivity index (χ4v) is 5.14. The molecular weight excluding hydrogens is 381 g/mol. The largest absolute Gasteiger partial charge is 0.356 e. The minimum absolute atomic E-state index is 0.287. The van der Waals surface area contributed by atoms with Gasteiger partial charge in [0, 0.05) is 42.0 Å². The molecule has 2 aliphatic heterocycles.